The van der Waals surface area contributed by atoms with Gasteiger partial charge in [-0.3, -0.25) is 0 Å². The van der Waals surface area contributed by atoms with Crippen LogP contribution >= 0.6 is 11.6 Å². The zero-order valence-electron chi connectivity index (χ0n) is 20.6. The van der Waals surface area contributed by atoms with E-state index in [1.807, 2.05) is 36.1 Å². The predicted octanol–water partition coefficient (Wildman–Crippen LogP) is 6.03. The Morgan fingerprint density at radius 1 is 0.921 bits per heavy atom. The zero-order valence-corrected chi connectivity index (χ0v) is 22.2. The number of ether oxygens (including phenoxy) is 2. The fraction of sp³-hybridized carbons (Fsp3) is 0.103. The molecule has 0 bridgehead atoms. The van der Waals surface area contributed by atoms with Gasteiger partial charge in [0.05, 0.1) is 12.7 Å². The molecule has 0 aliphatic carbocycles. The molecule has 7 nitrogen and oxygen atoms in total. The number of rotatable bonds is 6. The van der Waals surface area contributed by atoms with Crippen LogP contribution in [0, 0.1) is 6.92 Å². The third kappa shape index (κ3) is 5.14. The molecule has 0 fully saturated rings. The summed E-state index contributed by atoms with van der Waals surface area (Å²) in [6.07, 6.45) is 0. The molecule has 5 rings (SSSR count). The lowest BCUT2D eigenvalue weighted by molar-refractivity contribution is 0.0729. The molecular weight excluding hydrogens is 524 g/mol. The molecule has 0 unspecified atom stereocenters. The molecule has 1 aliphatic heterocycles. The smallest absolute Gasteiger partial charge is 0.343 e. The van der Waals surface area contributed by atoms with Crippen LogP contribution in [-0.2, 0) is 16.6 Å². The highest BCUT2D eigenvalue weighted by Gasteiger charge is 2.32. The second-order valence-electron chi connectivity index (χ2n) is 8.69. The highest BCUT2D eigenvalue weighted by atomic mass is 35.5. The second-order valence-corrected chi connectivity index (χ2v) is 10.7. The van der Waals surface area contributed by atoms with Gasteiger partial charge in [0.15, 0.2) is 17.3 Å². The molecule has 192 valence electrons. The summed E-state index contributed by atoms with van der Waals surface area (Å²) < 4.78 is 40.8. The molecule has 0 aromatic heterocycles. The Balaban J connectivity index is 1.49. The summed E-state index contributed by atoms with van der Waals surface area (Å²) in [6.45, 7) is 2.27. The number of hydrogen-bond donors (Lipinski definition) is 0. The molecule has 1 aliphatic rings. The van der Waals surface area contributed by atoms with Crippen molar-refractivity contribution >= 4 is 39.1 Å². The first kappa shape index (κ1) is 25.5. The summed E-state index contributed by atoms with van der Waals surface area (Å²) in [5, 5.41) is 0.518. The molecular formula is C29H23ClN2O5S. The first-order valence-corrected chi connectivity index (χ1v) is 13.5. The molecule has 1 heterocycles. The standard InChI is InChI=1S/C29H23ClN2O5S/c1-19-7-14-23(15-8-19)32(28-24-5-3-4-6-27(24)38(34,35)31-28)18-20-9-16-25(26(17-20)36-2)37-29(33)21-10-12-22(30)13-11-21/h3-17H,18H2,1-2H3. The van der Waals surface area contributed by atoms with Gasteiger partial charge in [0.1, 0.15) is 4.90 Å². The molecule has 38 heavy (non-hydrogen) atoms. The van der Waals surface area contributed by atoms with Crippen LogP contribution in [0.5, 0.6) is 11.5 Å². The van der Waals surface area contributed by atoms with E-state index in [-0.39, 0.29) is 17.2 Å². The van der Waals surface area contributed by atoms with Crippen molar-refractivity contribution in [3.8, 4) is 11.5 Å². The van der Waals surface area contributed by atoms with Crippen molar-refractivity contribution in [3.63, 3.8) is 0 Å². The monoisotopic (exact) mass is 546 g/mol. The summed E-state index contributed by atoms with van der Waals surface area (Å²) in [6, 6.07) is 26.1. The Bertz CT molecular complexity index is 1650. The van der Waals surface area contributed by atoms with Gasteiger partial charge in [-0.2, -0.15) is 8.42 Å². The van der Waals surface area contributed by atoms with Crippen molar-refractivity contribution in [3.05, 3.63) is 118 Å². The van der Waals surface area contributed by atoms with Gasteiger partial charge in [-0.1, -0.05) is 47.5 Å². The fourth-order valence-electron chi connectivity index (χ4n) is 4.12. The van der Waals surface area contributed by atoms with Crippen molar-refractivity contribution in [2.45, 2.75) is 18.4 Å². The lowest BCUT2D eigenvalue weighted by atomic mass is 10.1. The summed E-state index contributed by atoms with van der Waals surface area (Å²) in [5.74, 6) is 0.400. The molecule has 0 atom stereocenters. The maximum absolute atomic E-state index is 12.8. The van der Waals surface area contributed by atoms with E-state index in [9.17, 15) is 13.2 Å². The second kappa shape index (κ2) is 10.3. The van der Waals surface area contributed by atoms with Gasteiger partial charge in [0, 0.05) is 22.8 Å². The van der Waals surface area contributed by atoms with E-state index >= 15 is 0 Å². The van der Waals surface area contributed by atoms with E-state index in [4.69, 9.17) is 21.1 Å². The highest BCUT2D eigenvalue weighted by Crippen LogP contribution is 2.33. The van der Waals surface area contributed by atoms with Gasteiger partial charge in [-0.15, -0.1) is 4.40 Å². The van der Waals surface area contributed by atoms with E-state index in [1.54, 1.807) is 66.7 Å². The minimum absolute atomic E-state index is 0.175. The van der Waals surface area contributed by atoms with Crippen LogP contribution in [-0.4, -0.2) is 27.3 Å². The molecule has 4 aromatic rings. The first-order chi connectivity index (χ1) is 18.2. The van der Waals surface area contributed by atoms with Crippen LogP contribution in [0.2, 0.25) is 5.02 Å². The number of aryl methyl sites for hydroxylation is 1. The van der Waals surface area contributed by atoms with Gasteiger partial charge in [-0.05, 0) is 73.2 Å². The molecule has 0 saturated heterocycles. The summed E-state index contributed by atoms with van der Waals surface area (Å²) in [5.41, 5.74) is 3.53. The number of fused-ring (bicyclic) bond motifs is 1. The van der Waals surface area contributed by atoms with Crippen LogP contribution in [0.1, 0.15) is 27.0 Å². The number of nitrogens with zero attached hydrogens (tertiary/aromatic N) is 2. The predicted molar refractivity (Wildman–Crippen MR) is 147 cm³/mol. The molecule has 0 radical (unpaired) electrons. The van der Waals surface area contributed by atoms with E-state index in [2.05, 4.69) is 4.40 Å². The fourth-order valence-corrected chi connectivity index (χ4v) is 5.46. The number of benzene rings is 4. The number of anilines is 1. The van der Waals surface area contributed by atoms with Crippen LogP contribution in [0.25, 0.3) is 0 Å². The van der Waals surface area contributed by atoms with E-state index in [1.165, 1.54) is 7.11 Å². The lowest BCUT2D eigenvalue weighted by Crippen LogP contribution is -2.30. The average molecular weight is 547 g/mol. The maximum atomic E-state index is 12.8. The molecule has 9 heteroatoms. The third-order valence-corrected chi connectivity index (χ3v) is 7.64. The van der Waals surface area contributed by atoms with Crippen LogP contribution in [0.15, 0.2) is 100 Å². The Morgan fingerprint density at radius 3 is 2.34 bits per heavy atom. The van der Waals surface area contributed by atoms with Gasteiger partial charge in [-0.25, -0.2) is 4.79 Å². The first-order valence-electron chi connectivity index (χ1n) is 11.7. The largest absolute Gasteiger partial charge is 0.493 e. The van der Waals surface area contributed by atoms with Gasteiger partial charge in [0.2, 0.25) is 0 Å². The molecule has 0 amide bonds. The quantitative estimate of drug-likeness (QED) is 0.217. The molecule has 0 spiro atoms. The van der Waals surface area contributed by atoms with Gasteiger partial charge in [0.25, 0.3) is 10.0 Å². The van der Waals surface area contributed by atoms with E-state index in [0.29, 0.717) is 27.7 Å². The number of methoxy groups -OCH3 is 1. The third-order valence-electron chi connectivity index (χ3n) is 6.07. The maximum Gasteiger partial charge on any atom is 0.343 e. The number of amidine groups is 1. The van der Waals surface area contributed by atoms with Crippen LogP contribution in [0.4, 0.5) is 5.69 Å². The average Bonchev–Trinajstić information content (AvgIpc) is 3.19. The normalized spacial score (nSPS) is 13.4. The van der Waals surface area contributed by atoms with Crippen molar-refractivity contribution in [2.24, 2.45) is 4.40 Å². The molecule has 0 saturated carbocycles. The van der Waals surface area contributed by atoms with Crippen molar-refractivity contribution in [1.82, 2.24) is 0 Å². The highest BCUT2D eigenvalue weighted by molar-refractivity contribution is 7.90. The Labute approximate surface area is 226 Å². The van der Waals surface area contributed by atoms with Gasteiger partial charge < -0.3 is 14.4 Å². The minimum Gasteiger partial charge on any atom is -0.493 e. The Hall–Kier alpha value is -4.14. The van der Waals surface area contributed by atoms with E-state index in [0.717, 1.165) is 16.8 Å². The topological polar surface area (TPSA) is 85.3 Å². The molecule has 0 N–H and O–H groups in total. The number of hydrogen-bond acceptors (Lipinski definition) is 6. The van der Waals surface area contributed by atoms with Crippen molar-refractivity contribution < 1.29 is 22.7 Å². The van der Waals surface area contributed by atoms with E-state index < -0.39 is 16.0 Å². The summed E-state index contributed by atoms with van der Waals surface area (Å²) in [7, 11) is -2.33. The number of halogens is 1. The van der Waals surface area contributed by atoms with Crippen LogP contribution in [0.3, 0.4) is 0 Å². The van der Waals surface area contributed by atoms with Crippen molar-refractivity contribution in [1.29, 1.82) is 0 Å². The SMILES string of the molecule is COc1cc(CN(C2=NS(=O)(=O)c3ccccc32)c2ccc(C)cc2)ccc1OC(=O)c1ccc(Cl)cc1. The lowest BCUT2D eigenvalue weighted by Gasteiger charge is -2.25. The number of sulfonamides is 1. The number of carbonyl (C=O) groups is 1. The summed E-state index contributed by atoms with van der Waals surface area (Å²) in [4.78, 5) is 14.6. The zero-order chi connectivity index (χ0) is 26.9. The van der Waals surface area contributed by atoms with Gasteiger partial charge >= 0.3 is 5.97 Å². The minimum atomic E-state index is -3.81. The number of carbonyl (C=O) groups excluding carboxylic acids is 1. The van der Waals surface area contributed by atoms with Crippen LogP contribution < -0.4 is 14.4 Å². The summed E-state index contributed by atoms with van der Waals surface area (Å²) >= 11 is 5.91. The molecule has 4 aromatic carbocycles. The Kier molecular flexibility index (Phi) is 6.93. The Morgan fingerprint density at radius 2 is 1.63 bits per heavy atom. The number of esters is 1. The van der Waals surface area contributed by atoms with Crippen molar-refractivity contribution in [2.75, 3.05) is 12.0 Å².